The maximum atomic E-state index is 11.5. The Bertz CT molecular complexity index is 602. The molecular weight excluding hydrogens is 373 g/mol. The van der Waals surface area contributed by atoms with Crippen LogP contribution < -0.4 is 16.0 Å². The van der Waals surface area contributed by atoms with Gasteiger partial charge < -0.3 is 16.0 Å². The molecule has 1 radical (unpaired) electrons. The average Bonchev–Trinajstić information content (AvgIpc) is 2.62. The molecule has 0 atom stereocenters. The standard InChI is InChI=1S/C20H25N3O2.Co/c24-19-9-3-1-7-17(19)15-22-13-5-11-21-12-6-14-23-16-18-8-2-4-10-20(18)25;/h1-4,7-10,15-16,21-23H,5-6,11-14H2;/b17-15-,18-16-;. The zero-order chi connectivity index (χ0) is 17.7. The summed E-state index contributed by atoms with van der Waals surface area (Å²) in [5.41, 5.74) is 1.38. The molecule has 3 N–H and O–H groups in total. The van der Waals surface area contributed by atoms with Crippen molar-refractivity contribution in [2.24, 2.45) is 0 Å². The van der Waals surface area contributed by atoms with Gasteiger partial charge >= 0.3 is 0 Å². The second-order valence-electron chi connectivity index (χ2n) is 5.73. The molecule has 0 aromatic heterocycles. The number of nitrogens with one attached hydrogen (secondary N) is 3. The quantitative estimate of drug-likeness (QED) is 0.386. The summed E-state index contributed by atoms with van der Waals surface area (Å²) >= 11 is 0. The van der Waals surface area contributed by atoms with Gasteiger partial charge in [0.05, 0.1) is 0 Å². The Morgan fingerprint density at radius 1 is 0.654 bits per heavy atom. The molecule has 2 rings (SSSR count). The van der Waals surface area contributed by atoms with Gasteiger partial charge in [-0.15, -0.1) is 0 Å². The number of ketones is 2. The van der Waals surface area contributed by atoms with Crippen molar-refractivity contribution in [3.05, 3.63) is 72.2 Å². The molecule has 0 heterocycles. The predicted octanol–water partition coefficient (Wildman–Crippen LogP) is 1.69. The maximum Gasteiger partial charge on any atom is 0.187 e. The SMILES string of the molecule is O=C1C=CC=C/C1=C/NCCCNCCCN/C=C1/C=CC=CC1=O.[Co]. The first-order valence-corrected chi connectivity index (χ1v) is 8.63. The van der Waals surface area contributed by atoms with E-state index in [-0.39, 0.29) is 28.3 Å². The zero-order valence-corrected chi connectivity index (χ0v) is 15.7. The average molecular weight is 398 g/mol. The molecule has 0 saturated carbocycles. The van der Waals surface area contributed by atoms with Crippen LogP contribution in [0.5, 0.6) is 0 Å². The van der Waals surface area contributed by atoms with Crippen molar-refractivity contribution in [3.63, 3.8) is 0 Å². The number of hydrogen-bond donors (Lipinski definition) is 3. The van der Waals surface area contributed by atoms with E-state index in [2.05, 4.69) is 16.0 Å². The van der Waals surface area contributed by atoms with E-state index in [1.165, 1.54) is 0 Å². The van der Waals surface area contributed by atoms with Gasteiger partial charge in [0.15, 0.2) is 11.6 Å². The molecule has 2 aliphatic rings. The van der Waals surface area contributed by atoms with Crippen molar-refractivity contribution in [1.82, 2.24) is 16.0 Å². The summed E-state index contributed by atoms with van der Waals surface area (Å²) in [6.45, 7) is 3.50. The van der Waals surface area contributed by atoms with Gasteiger partial charge in [0.1, 0.15) is 0 Å². The molecule has 0 fully saturated rings. The number of hydrogen-bond acceptors (Lipinski definition) is 5. The topological polar surface area (TPSA) is 70.2 Å². The van der Waals surface area contributed by atoms with Crippen LogP contribution in [-0.4, -0.2) is 37.7 Å². The minimum absolute atomic E-state index is 0. The molecular formula is C20H25CoN3O2. The fourth-order valence-electron chi connectivity index (χ4n) is 2.32. The summed E-state index contributed by atoms with van der Waals surface area (Å²) in [4.78, 5) is 23.0. The fourth-order valence-corrected chi connectivity index (χ4v) is 2.32. The van der Waals surface area contributed by atoms with Crippen LogP contribution in [0.15, 0.2) is 72.2 Å². The molecule has 0 amide bonds. The number of carbonyl (C=O) groups is 2. The second kappa shape index (κ2) is 13.1. The van der Waals surface area contributed by atoms with Crippen LogP contribution in [-0.2, 0) is 26.4 Å². The molecule has 0 bridgehead atoms. The maximum absolute atomic E-state index is 11.5. The van der Waals surface area contributed by atoms with E-state index in [1.807, 2.05) is 24.3 Å². The summed E-state index contributed by atoms with van der Waals surface area (Å²) in [6, 6.07) is 0. The van der Waals surface area contributed by atoms with E-state index in [1.54, 1.807) is 36.7 Å². The van der Waals surface area contributed by atoms with Gasteiger partial charge in [-0.2, -0.15) is 0 Å². The van der Waals surface area contributed by atoms with Crippen molar-refractivity contribution in [1.29, 1.82) is 0 Å². The van der Waals surface area contributed by atoms with Gasteiger partial charge in [0.25, 0.3) is 0 Å². The van der Waals surface area contributed by atoms with Gasteiger partial charge in [0.2, 0.25) is 0 Å². The number of rotatable bonds is 10. The van der Waals surface area contributed by atoms with Crippen molar-refractivity contribution in [3.8, 4) is 0 Å². The van der Waals surface area contributed by atoms with Crippen LogP contribution >= 0.6 is 0 Å². The fraction of sp³-hybridized carbons (Fsp3) is 0.300. The monoisotopic (exact) mass is 398 g/mol. The zero-order valence-electron chi connectivity index (χ0n) is 14.7. The molecule has 0 saturated heterocycles. The summed E-state index contributed by atoms with van der Waals surface area (Å²) in [5.74, 6) is 0.0778. The first-order chi connectivity index (χ1) is 12.3. The third-order valence-electron chi connectivity index (χ3n) is 3.70. The normalized spacial score (nSPS) is 18.5. The van der Waals surface area contributed by atoms with E-state index in [0.717, 1.165) is 39.0 Å². The van der Waals surface area contributed by atoms with Crippen LogP contribution in [0.3, 0.4) is 0 Å². The van der Waals surface area contributed by atoms with Crippen molar-refractivity contribution in [2.75, 3.05) is 26.2 Å². The molecule has 0 aromatic carbocycles. The number of allylic oxidation sites excluding steroid dienone is 10. The molecule has 141 valence electrons. The Balaban J connectivity index is 0.00000338. The summed E-state index contributed by atoms with van der Waals surface area (Å²) in [7, 11) is 0. The van der Waals surface area contributed by atoms with Gasteiger partial charge in [-0.25, -0.2) is 0 Å². The molecule has 0 spiro atoms. The Morgan fingerprint density at radius 2 is 1.08 bits per heavy atom. The van der Waals surface area contributed by atoms with Gasteiger partial charge in [0, 0.05) is 53.4 Å². The second-order valence-corrected chi connectivity index (χ2v) is 5.73. The van der Waals surface area contributed by atoms with Crippen LogP contribution in [0.4, 0.5) is 0 Å². The molecule has 26 heavy (non-hydrogen) atoms. The van der Waals surface area contributed by atoms with E-state index in [0.29, 0.717) is 11.1 Å². The Labute approximate surface area is 165 Å². The smallest absolute Gasteiger partial charge is 0.187 e. The molecule has 0 unspecified atom stereocenters. The Morgan fingerprint density at radius 3 is 1.50 bits per heavy atom. The van der Waals surface area contributed by atoms with E-state index in [9.17, 15) is 9.59 Å². The first-order valence-electron chi connectivity index (χ1n) is 8.63. The van der Waals surface area contributed by atoms with Crippen LogP contribution in [0, 0.1) is 0 Å². The van der Waals surface area contributed by atoms with E-state index in [4.69, 9.17) is 0 Å². The Kier molecular flexibility index (Phi) is 11.0. The van der Waals surface area contributed by atoms with E-state index >= 15 is 0 Å². The molecule has 6 heteroatoms. The van der Waals surface area contributed by atoms with Crippen molar-refractivity contribution >= 4 is 11.6 Å². The molecule has 5 nitrogen and oxygen atoms in total. The van der Waals surface area contributed by atoms with Crippen molar-refractivity contribution in [2.45, 2.75) is 12.8 Å². The van der Waals surface area contributed by atoms with Crippen LogP contribution in [0.25, 0.3) is 0 Å². The first kappa shape index (κ1) is 21.9. The summed E-state index contributed by atoms with van der Waals surface area (Å²) in [6.07, 6.45) is 19.5. The van der Waals surface area contributed by atoms with Gasteiger partial charge in [-0.05, 0) is 50.2 Å². The predicted molar refractivity (Wildman–Crippen MR) is 101 cm³/mol. The van der Waals surface area contributed by atoms with Crippen molar-refractivity contribution < 1.29 is 26.4 Å². The summed E-state index contributed by atoms with van der Waals surface area (Å²) < 4.78 is 0. The third kappa shape index (κ3) is 8.29. The van der Waals surface area contributed by atoms with Gasteiger partial charge in [-0.1, -0.05) is 24.3 Å². The van der Waals surface area contributed by atoms with Gasteiger partial charge in [-0.3, -0.25) is 9.59 Å². The van der Waals surface area contributed by atoms with Crippen LogP contribution in [0.1, 0.15) is 12.8 Å². The molecule has 2 aliphatic carbocycles. The summed E-state index contributed by atoms with van der Waals surface area (Å²) in [5, 5.41) is 9.70. The van der Waals surface area contributed by atoms with E-state index < -0.39 is 0 Å². The van der Waals surface area contributed by atoms with Crippen LogP contribution in [0.2, 0.25) is 0 Å². The minimum atomic E-state index is 0. The third-order valence-corrected chi connectivity index (χ3v) is 3.70. The minimum Gasteiger partial charge on any atom is -0.390 e. The largest absolute Gasteiger partial charge is 0.390 e. The molecule has 0 aliphatic heterocycles. The molecule has 0 aromatic rings. The number of carbonyl (C=O) groups excluding carboxylic acids is 2. The Hall–Kier alpha value is -2.15.